The van der Waals surface area contributed by atoms with Crippen molar-refractivity contribution in [3.63, 3.8) is 0 Å². The summed E-state index contributed by atoms with van der Waals surface area (Å²) in [6.45, 7) is 4.51. The van der Waals surface area contributed by atoms with E-state index in [1.165, 1.54) is 36.0 Å². The van der Waals surface area contributed by atoms with Gasteiger partial charge in [0.15, 0.2) is 0 Å². The lowest BCUT2D eigenvalue weighted by Gasteiger charge is -2.38. The number of aliphatic hydroxyl groups excluding tert-OH is 2. The van der Waals surface area contributed by atoms with Crippen LogP contribution in [0.4, 0.5) is 0 Å². The van der Waals surface area contributed by atoms with E-state index < -0.39 is 0 Å². The summed E-state index contributed by atoms with van der Waals surface area (Å²) >= 11 is 0. The van der Waals surface area contributed by atoms with Crippen molar-refractivity contribution in [3.8, 4) is 0 Å². The molecular formula is C19H28O2. The van der Waals surface area contributed by atoms with E-state index in [4.69, 9.17) is 0 Å². The first-order valence-electron chi connectivity index (χ1n) is 8.42. The van der Waals surface area contributed by atoms with Gasteiger partial charge >= 0.3 is 0 Å². The van der Waals surface area contributed by atoms with Crippen LogP contribution in [0, 0.1) is 11.3 Å². The first-order valence-corrected chi connectivity index (χ1v) is 8.42. The highest BCUT2D eigenvalue weighted by molar-refractivity contribution is 5.36. The van der Waals surface area contributed by atoms with E-state index in [0.29, 0.717) is 5.92 Å². The zero-order valence-electron chi connectivity index (χ0n) is 13.3. The van der Waals surface area contributed by atoms with Crippen LogP contribution in [0.25, 0.3) is 0 Å². The third-order valence-corrected chi connectivity index (χ3v) is 5.88. The molecule has 2 heteroatoms. The van der Waals surface area contributed by atoms with Gasteiger partial charge in [0.25, 0.3) is 0 Å². The first kappa shape index (κ1) is 15.1. The minimum absolute atomic E-state index is 0.184. The fraction of sp³-hybridized carbons (Fsp3) is 0.684. The van der Waals surface area contributed by atoms with Gasteiger partial charge in [0.2, 0.25) is 0 Å². The van der Waals surface area contributed by atoms with Crippen LogP contribution in [0.3, 0.4) is 0 Å². The third kappa shape index (κ3) is 3.02. The number of aliphatic hydroxyl groups is 2. The minimum atomic E-state index is -0.295. The van der Waals surface area contributed by atoms with Gasteiger partial charge in [-0.2, -0.15) is 0 Å². The molecule has 1 fully saturated rings. The molecule has 0 aliphatic heterocycles. The zero-order valence-corrected chi connectivity index (χ0v) is 13.3. The Morgan fingerprint density at radius 1 is 1.24 bits per heavy atom. The van der Waals surface area contributed by atoms with Crippen LogP contribution in [0.1, 0.15) is 58.8 Å². The summed E-state index contributed by atoms with van der Waals surface area (Å²) in [6, 6.07) is 0. The maximum atomic E-state index is 10.2. The molecule has 0 aromatic carbocycles. The van der Waals surface area contributed by atoms with Crippen molar-refractivity contribution in [1.29, 1.82) is 0 Å². The topological polar surface area (TPSA) is 40.5 Å². The van der Waals surface area contributed by atoms with Crippen LogP contribution in [0.5, 0.6) is 0 Å². The Morgan fingerprint density at radius 3 is 2.86 bits per heavy atom. The molecule has 2 nitrogen and oxygen atoms in total. The van der Waals surface area contributed by atoms with E-state index in [1.54, 1.807) is 0 Å². The van der Waals surface area contributed by atoms with Crippen LogP contribution in [-0.4, -0.2) is 22.4 Å². The summed E-state index contributed by atoms with van der Waals surface area (Å²) in [5.74, 6) is 0.603. The van der Waals surface area contributed by atoms with Crippen LogP contribution < -0.4 is 0 Å². The Morgan fingerprint density at radius 2 is 2.05 bits per heavy atom. The van der Waals surface area contributed by atoms with Crippen molar-refractivity contribution >= 4 is 0 Å². The number of allylic oxidation sites excluding steroid dienone is 4. The largest absolute Gasteiger partial charge is 0.393 e. The second-order valence-corrected chi connectivity index (χ2v) is 7.57. The van der Waals surface area contributed by atoms with E-state index in [1.807, 2.05) is 0 Å². The van der Waals surface area contributed by atoms with Crippen molar-refractivity contribution in [2.24, 2.45) is 11.3 Å². The van der Waals surface area contributed by atoms with Gasteiger partial charge in [-0.25, -0.2) is 0 Å². The van der Waals surface area contributed by atoms with Gasteiger partial charge in [-0.05, 0) is 67.9 Å². The van der Waals surface area contributed by atoms with Gasteiger partial charge in [0.05, 0.1) is 12.2 Å². The molecule has 3 rings (SSSR count). The van der Waals surface area contributed by atoms with Gasteiger partial charge in [-0.3, -0.25) is 0 Å². The smallest absolute Gasteiger partial charge is 0.0732 e. The van der Waals surface area contributed by atoms with Crippen molar-refractivity contribution in [3.05, 3.63) is 34.9 Å². The number of fused-ring (bicyclic) bond motifs is 1. The van der Waals surface area contributed by atoms with E-state index >= 15 is 0 Å². The van der Waals surface area contributed by atoms with E-state index in [9.17, 15) is 10.2 Å². The highest BCUT2D eigenvalue weighted by Gasteiger charge is 2.43. The molecular weight excluding hydrogens is 260 g/mol. The molecule has 4 atom stereocenters. The van der Waals surface area contributed by atoms with Crippen LogP contribution in [-0.2, 0) is 0 Å². The van der Waals surface area contributed by atoms with Crippen LogP contribution in [0.2, 0.25) is 0 Å². The molecule has 0 bridgehead atoms. The average molecular weight is 288 g/mol. The zero-order chi connectivity index (χ0) is 15.0. The van der Waals surface area contributed by atoms with Gasteiger partial charge in [-0.15, -0.1) is 0 Å². The molecule has 0 aromatic heterocycles. The molecule has 0 spiro atoms. The average Bonchev–Trinajstić information content (AvgIpc) is 2.80. The molecule has 2 N–H and O–H groups in total. The van der Waals surface area contributed by atoms with Gasteiger partial charge in [-0.1, -0.05) is 37.1 Å². The van der Waals surface area contributed by atoms with Gasteiger partial charge in [0, 0.05) is 0 Å². The summed E-state index contributed by atoms with van der Waals surface area (Å²) in [7, 11) is 0. The quantitative estimate of drug-likeness (QED) is 0.809. The van der Waals surface area contributed by atoms with Crippen LogP contribution in [0.15, 0.2) is 34.9 Å². The predicted molar refractivity (Wildman–Crippen MR) is 85.9 cm³/mol. The molecule has 3 aliphatic carbocycles. The van der Waals surface area contributed by atoms with Crippen molar-refractivity contribution in [2.45, 2.75) is 71.0 Å². The van der Waals surface area contributed by atoms with Gasteiger partial charge in [0.1, 0.15) is 0 Å². The molecule has 0 aromatic rings. The Kier molecular flexibility index (Phi) is 4.11. The molecule has 0 amide bonds. The lowest BCUT2D eigenvalue weighted by atomic mass is 9.68. The number of rotatable bonds is 2. The highest BCUT2D eigenvalue weighted by atomic mass is 16.3. The Hall–Kier alpha value is -0.860. The maximum Gasteiger partial charge on any atom is 0.0732 e. The summed E-state index contributed by atoms with van der Waals surface area (Å²) < 4.78 is 0. The molecule has 0 heterocycles. The fourth-order valence-corrected chi connectivity index (χ4v) is 4.57. The van der Waals surface area contributed by atoms with E-state index in [0.717, 1.165) is 25.7 Å². The second kappa shape index (κ2) is 5.73. The lowest BCUT2D eigenvalue weighted by Crippen LogP contribution is -2.32. The monoisotopic (exact) mass is 288 g/mol. The Bertz CT molecular complexity index is 500. The molecule has 0 unspecified atom stereocenters. The standard InChI is InChI=1S/C19H28O2/c1-13-5-8-16(20)10-14(13)6-7-15-11-17(21)12-19(2)9-3-4-18(15)19/h6-7,11,16-18,20-21H,3-5,8-10,12H2,1-2H3/t16-,17-,18-,19-/m0/s1. The molecule has 0 radical (unpaired) electrons. The molecule has 3 aliphatic rings. The van der Waals surface area contributed by atoms with Gasteiger partial charge < -0.3 is 10.2 Å². The molecule has 1 saturated carbocycles. The number of hydrogen-bond acceptors (Lipinski definition) is 2. The minimum Gasteiger partial charge on any atom is -0.393 e. The lowest BCUT2D eigenvalue weighted by molar-refractivity contribution is 0.108. The maximum absolute atomic E-state index is 10.2. The Labute approximate surface area is 128 Å². The van der Waals surface area contributed by atoms with Crippen LogP contribution >= 0.6 is 0 Å². The Balaban J connectivity index is 1.81. The van der Waals surface area contributed by atoms with Crippen molar-refractivity contribution < 1.29 is 10.2 Å². The predicted octanol–water partition coefficient (Wildman–Crippen LogP) is 3.90. The highest BCUT2D eigenvalue weighted by Crippen LogP contribution is 2.52. The van der Waals surface area contributed by atoms with E-state index in [2.05, 4.69) is 32.1 Å². The summed E-state index contributed by atoms with van der Waals surface area (Å²) in [5, 5.41) is 20.0. The fourth-order valence-electron chi connectivity index (χ4n) is 4.57. The molecule has 0 saturated heterocycles. The third-order valence-electron chi connectivity index (χ3n) is 5.88. The van der Waals surface area contributed by atoms with Crippen molar-refractivity contribution in [1.82, 2.24) is 0 Å². The van der Waals surface area contributed by atoms with Crippen molar-refractivity contribution in [2.75, 3.05) is 0 Å². The summed E-state index contributed by atoms with van der Waals surface area (Å²) in [5.41, 5.74) is 4.29. The number of hydrogen-bond donors (Lipinski definition) is 2. The van der Waals surface area contributed by atoms with E-state index in [-0.39, 0.29) is 17.6 Å². The SMILES string of the molecule is CC1=C(C=CC2=C[C@H](O)C[C@]3(C)CCC[C@@H]23)C[C@@H](O)CC1. The summed E-state index contributed by atoms with van der Waals surface area (Å²) in [4.78, 5) is 0. The normalized spacial score (nSPS) is 40.6. The first-order chi connectivity index (χ1) is 9.98. The summed E-state index contributed by atoms with van der Waals surface area (Å²) in [6.07, 6.45) is 13.3. The molecule has 116 valence electrons. The second-order valence-electron chi connectivity index (χ2n) is 7.57. The molecule has 21 heavy (non-hydrogen) atoms.